The van der Waals surface area contributed by atoms with E-state index in [4.69, 9.17) is 0 Å². The average Bonchev–Trinajstić information content (AvgIpc) is 2.41. The van der Waals surface area contributed by atoms with Gasteiger partial charge in [-0.2, -0.15) is 0 Å². The minimum atomic E-state index is -2.73. The molecule has 1 saturated carbocycles. The topological polar surface area (TPSA) is 46.2 Å². The maximum Gasteiger partial charge on any atom is 0.151 e. The Kier molecular flexibility index (Phi) is 3.90. The smallest absolute Gasteiger partial charge is 0.151 e. The van der Waals surface area contributed by atoms with Crippen molar-refractivity contribution >= 4 is 9.84 Å². The second kappa shape index (κ2) is 5.05. The minimum absolute atomic E-state index is 0.225. The van der Waals surface area contributed by atoms with Gasteiger partial charge in [-0.15, -0.1) is 0 Å². The lowest BCUT2D eigenvalue weighted by molar-refractivity contribution is 0.405. The maximum atomic E-state index is 11.4. The van der Waals surface area contributed by atoms with E-state index in [0.717, 1.165) is 12.3 Å². The Bertz CT molecular complexity index is 326. The van der Waals surface area contributed by atoms with Gasteiger partial charge in [-0.25, -0.2) is 8.42 Å². The fourth-order valence-corrected chi connectivity index (χ4v) is 4.60. The second-order valence-electron chi connectivity index (χ2n) is 5.58. The molecule has 1 saturated heterocycles. The van der Waals surface area contributed by atoms with E-state index in [0.29, 0.717) is 17.5 Å². The van der Waals surface area contributed by atoms with Crippen molar-refractivity contribution in [3.8, 4) is 0 Å². The third-order valence-electron chi connectivity index (χ3n) is 3.96. The minimum Gasteiger partial charge on any atom is -0.310 e. The molecule has 4 heteroatoms. The summed E-state index contributed by atoms with van der Waals surface area (Å²) in [5.41, 5.74) is 0. The van der Waals surface area contributed by atoms with Gasteiger partial charge in [0.15, 0.2) is 9.84 Å². The molecule has 0 bridgehead atoms. The fourth-order valence-electron chi connectivity index (χ4n) is 2.91. The van der Waals surface area contributed by atoms with Crippen LogP contribution in [0.15, 0.2) is 0 Å². The lowest BCUT2D eigenvalue weighted by atomic mass is 10.0. The molecule has 2 fully saturated rings. The number of rotatable bonds is 2. The summed E-state index contributed by atoms with van der Waals surface area (Å²) in [5.74, 6) is 1.59. The summed E-state index contributed by atoms with van der Waals surface area (Å²) in [5, 5.41) is 3.55. The molecule has 0 amide bonds. The summed E-state index contributed by atoms with van der Waals surface area (Å²) in [6, 6.07) is 0.784. The van der Waals surface area contributed by atoms with Crippen LogP contribution in [0, 0.1) is 5.92 Å². The molecule has 3 unspecified atom stereocenters. The van der Waals surface area contributed by atoms with Gasteiger partial charge in [0.2, 0.25) is 0 Å². The Morgan fingerprint density at radius 3 is 2.50 bits per heavy atom. The van der Waals surface area contributed by atoms with Crippen molar-refractivity contribution in [1.29, 1.82) is 0 Å². The molecule has 1 heterocycles. The second-order valence-corrected chi connectivity index (χ2v) is 7.81. The molecule has 3 nitrogen and oxygen atoms in total. The normalized spacial score (nSPS) is 39.4. The van der Waals surface area contributed by atoms with Gasteiger partial charge in [0.05, 0.1) is 11.5 Å². The van der Waals surface area contributed by atoms with E-state index < -0.39 is 9.84 Å². The van der Waals surface area contributed by atoms with Crippen LogP contribution < -0.4 is 5.32 Å². The van der Waals surface area contributed by atoms with Crippen molar-refractivity contribution < 1.29 is 8.42 Å². The van der Waals surface area contributed by atoms with E-state index in [1.54, 1.807) is 0 Å². The molecule has 1 N–H and O–H groups in total. The third-order valence-corrected chi connectivity index (χ3v) is 5.73. The number of hydrogen-bond donors (Lipinski definition) is 1. The molecule has 0 aromatic heterocycles. The highest BCUT2D eigenvalue weighted by Gasteiger charge is 2.29. The first-order chi connectivity index (χ1) is 7.55. The molecular formula is C12H23NO2S. The standard InChI is InChI=1S/C12H23NO2S/c1-10-3-2-4-11(6-5-10)13-12-7-8-16(14,15)9-12/h10-13H,2-9H2,1H3. The highest BCUT2D eigenvalue weighted by atomic mass is 32.2. The number of hydrogen-bond acceptors (Lipinski definition) is 3. The predicted octanol–water partition coefficient (Wildman–Crippen LogP) is 1.73. The summed E-state index contributed by atoms with van der Waals surface area (Å²) >= 11 is 0. The monoisotopic (exact) mass is 245 g/mol. The van der Waals surface area contributed by atoms with Gasteiger partial charge in [0.1, 0.15) is 0 Å². The molecule has 0 aromatic rings. The molecule has 2 rings (SSSR count). The van der Waals surface area contributed by atoms with Gasteiger partial charge >= 0.3 is 0 Å². The molecule has 3 atom stereocenters. The quantitative estimate of drug-likeness (QED) is 0.754. The van der Waals surface area contributed by atoms with Crippen LogP contribution in [0.3, 0.4) is 0 Å². The van der Waals surface area contributed by atoms with Crippen LogP contribution in [0.25, 0.3) is 0 Å². The maximum absolute atomic E-state index is 11.4. The van der Waals surface area contributed by atoms with Gasteiger partial charge in [0.25, 0.3) is 0 Å². The zero-order valence-electron chi connectivity index (χ0n) is 10.1. The Balaban J connectivity index is 1.81. The van der Waals surface area contributed by atoms with Crippen molar-refractivity contribution in [2.24, 2.45) is 5.92 Å². The average molecular weight is 245 g/mol. The van der Waals surface area contributed by atoms with Gasteiger partial charge in [-0.1, -0.05) is 19.8 Å². The van der Waals surface area contributed by atoms with Crippen LogP contribution >= 0.6 is 0 Å². The summed E-state index contributed by atoms with van der Waals surface area (Å²) in [4.78, 5) is 0. The largest absolute Gasteiger partial charge is 0.310 e. The number of sulfone groups is 1. The molecule has 2 aliphatic rings. The lowest BCUT2D eigenvalue weighted by Gasteiger charge is -2.20. The molecule has 16 heavy (non-hydrogen) atoms. The van der Waals surface area contributed by atoms with Gasteiger partial charge in [0, 0.05) is 12.1 Å². The first-order valence-corrected chi connectivity index (χ1v) is 8.34. The van der Waals surface area contributed by atoms with Crippen LogP contribution in [0.2, 0.25) is 0 Å². The molecule has 0 aromatic carbocycles. The predicted molar refractivity (Wildman–Crippen MR) is 66.2 cm³/mol. The van der Waals surface area contributed by atoms with Crippen LogP contribution in [0.5, 0.6) is 0 Å². The molecule has 1 aliphatic carbocycles. The summed E-state index contributed by atoms with van der Waals surface area (Å²) in [6.45, 7) is 2.32. The van der Waals surface area contributed by atoms with Crippen molar-refractivity contribution in [1.82, 2.24) is 5.32 Å². The van der Waals surface area contributed by atoms with E-state index in [-0.39, 0.29) is 6.04 Å². The van der Waals surface area contributed by atoms with Crippen molar-refractivity contribution in [2.75, 3.05) is 11.5 Å². The van der Waals surface area contributed by atoms with Crippen LogP contribution in [-0.4, -0.2) is 32.0 Å². The first-order valence-electron chi connectivity index (χ1n) is 6.51. The van der Waals surface area contributed by atoms with E-state index in [9.17, 15) is 8.42 Å². The fraction of sp³-hybridized carbons (Fsp3) is 1.00. The van der Waals surface area contributed by atoms with E-state index in [1.165, 1.54) is 32.1 Å². The van der Waals surface area contributed by atoms with Gasteiger partial charge in [-0.05, 0) is 31.6 Å². The van der Waals surface area contributed by atoms with Gasteiger partial charge in [-0.3, -0.25) is 0 Å². The summed E-state index contributed by atoms with van der Waals surface area (Å²) < 4.78 is 22.7. The van der Waals surface area contributed by atoms with Gasteiger partial charge < -0.3 is 5.32 Å². The summed E-state index contributed by atoms with van der Waals surface area (Å²) in [7, 11) is -2.73. The lowest BCUT2D eigenvalue weighted by Crippen LogP contribution is -2.38. The highest BCUT2D eigenvalue weighted by Crippen LogP contribution is 2.24. The van der Waals surface area contributed by atoms with Crippen LogP contribution in [-0.2, 0) is 9.84 Å². The van der Waals surface area contributed by atoms with E-state index in [1.807, 2.05) is 0 Å². The molecule has 1 aliphatic heterocycles. The Hall–Kier alpha value is -0.0900. The Morgan fingerprint density at radius 1 is 1.00 bits per heavy atom. The SMILES string of the molecule is CC1CCCC(NC2CCS(=O)(=O)C2)CC1. The van der Waals surface area contributed by atoms with Crippen LogP contribution in [0.4, 0.5) is 0 Å². The third kappa shape index (κ3) is 3.45. The first kappa shape index (κ1) is 12.4. The summed E-state index contributed by atoms with van der Waals surface area (Å²) in [6.07, 6.45) is 7.17. The van der Waals surface area contributed by atoms with Crippen molar-refractivity contribution in [3.63, 3.8) is 0 Å². The highest BCUT2D eigenvalue weighted by molar-refractivity contribution is 7.91. The molecule has 0 spiro atoms. The van der Waals surface area contributed by atoms with Crippen molar-refractivity contribution in [2.45, 2.75) is 57.5 Å². The Morgan fingerprint density at radius 2 is 1.81 bits per heavy atom. The van der Waals surface area contributed by atoms with E-state index in [2.05, 4.69) is 12.2 Å². The zero-order valence-corrected chi connectivity index (χ0v) is 10.9. The van der Waals surface area contributed by atoms with E-state index >= 15 is 0 Å². The molecular weight excluding hydrogens is 222 g/mol. The van der Waals surface area contributed by atoms with Crippen molar-refractivity contribution in [3.05, 3.63) is 0 Å². The molecule has 94 valence electrons. The van der Waals surface area contributed by atoms with Crippen LogP contribution in [0.1, 0.15) is 45.4 Å². The zero-order chi connectivity index (χ0) is 11.6. The number of nitrogens with one attached hydrogen (secondary N) is 1. The molecule has 0 radical (unpaired) electrons. The Labute approximate surface area is 98.9 Å².